The average Bonchev–Trinajstić information content (AvgIpc) is 2.85. The van der Waals surface area contributed by atoms with E-state index in [0.29, 0.717) is 5.69 Å². The minimum Gasteiger partial charge on any atom is -0.478 e. The number of carboxylic acid groups (broad SMARTS) is 2. The molecule has 8 heteroatoms. The first-order valence-electron chi connectivity index (χ1n) is 5.82. The van der Waals surface area contributed by atoms with Gasteiger partial charge in [-0.05, 0) is 31.2 Å². The smallest absolute Gasteiger partial charge is 0.335 e. The fourth-order valence-electron chi connectivity index (χ4n) is 1.68. The Morgan fingerprint density at radius 3 is 2.05 bits per heavy atom. The van der Waals surface area contributed by atoms with Crippen molar-refractivity contribution in [1.82, 2.24) is 10.2 Å². The van der Waals surface area contributed by atoms with Crippen LogP contribution in [0.3, 0.4) is 0 Å². The lowest BCUT2D eigenvalue weighted by Gasteiger charge is -2.06. The van der Waals surface area contributed by atoms with Crippen molar-refractivity contribution >= 4 is 23.5 Å². The van der Waals surface area contributed by atoms with Crippen molar-refractivity contribution < 1.29 is 24.6 Å². The van der Waals surface area contributed by atoms with E-state index in [1.807, 2.05) is 0 Å². The van der Waals surface area contributed by atoms with Crippen LogP contribution in [0.15, 0.2) is 24.3 Å². The highest BCUT2D eigenvalue weighted by molar-refractivity contribution is 6.04. The predicted octanol–water partition coefficient (Wildman–Crippen LogP) is 1.37. The van der Waals surface area contributed by atoms with E-state index in [4.69, 9.17) is 10.2 Å². The van der Waals surface area contributed by atoms with Gasteiger partial charge in [-0.3, -0.25) is 9.89 Å². The topological polar surface area (TPSA) is 132 Å². The van der Waals surface area contributed by atoms with E-state index in [9.17, 15) is 14.4 Å². The van der Waals surface area contributed by atoms with Crippen LogP contribution < -0.4 is 5.32 Å². The highest BCUT2D eigenvalue weighted by Crippen LogP contribution is 2.16. The van der Waals surface area contributed by atoms with Crippen molar-refractivity contribution in [2.75, 3.05) is 5.32 Å². The van der Waals surface area contributed by atoms with Crippen LogP contribution in [0.25, 0.3) is 0 Å². The highest BCUT2D eigenvalue weighted by Gasteiger charge is 2.14. The zero-order valence-corrected chi connectivity index (χ0v) is 10.9. The third-order valence-electron chi connectivity index (χ3n) is 2.62. The molecule has 0 bridgehead atoms. The van der Waals surface area contributed by atoms with E-state index in [1.165, 1.54) is 18.2 Å². The second kappa shape index (κ2) is 5.45. The highest BCUT2D eigenvalue weighted by atomic mass is 16.4. The number of rotatable bonds is 4. The van der Waals surface area contributed by atoms with Crippen LogP contribution in [0.2, 0.25) is 0 Å². The lowest BCUT2D eigenvalue weighted by molar-refractivity contribution is 0.0696. The number of aromatic nitrogens is 2. The molecule has 4 N–H and O–H groups in total. The summed E-state index contributed by atoms with van der Waals surface area (Å²) in [5.74, 6) is -3.15. The molecular weight excluding hydrogens is 278 g/mol. The number of hydrogen-bond acceptors (Lipinski definition) is 4. The fraction of sp³-hybridized carbons (Fsp3) is 0.0769. The number of carboxylic acids is 2. The number of aromatic carboxylic acids is 2. The number of carbonyl (C=O) groups excluding carboxylic acids is 1. The van der Waals surface area contributed by atoms with Gasteiger partial charge in [-0.2, -0.15) is 5.10 Å². The minimum atomic E-state index is -1.29. The maximum atomic E-state index is 11.9. The molecule has 0 atom stereocenters. The summed E-state index contributed by atoms with van der Waals surface area (Å²) in [6.45, 7) is 1.72. The van der Waals surface area contributed by atoms with Gasteiger partial charge in [0.15, 0.2) is 5.69 Å². The van der Waals surface area contributed by atoms with E-state index < -0.39 is 17.8 Å². The van der Waals surface area contributed by atoms with Crippen LogP contribution >= 0.6 is 0 Å². The van der Waals surface area contributed by atoms with Crippen molar-refractivity contribution in [3.8, 4) is 0 Å². The molecule has 0 aliphatic heterocycles. The molecule has 1 aromatic heterocycles. The molecule has 0 radical (unpaired) electrons. The van der Waals surface area contributed by atoms with Gasteiger partial charge < -0.3 is 15.5 Å². The number of aromatic amines is 1. The Morgan fingerprint density at radius 2 is 1.62 bits per heavy atom. The van der Waals surface area contributed by atoms with Gasteiger partial charge in [0.25, 0.3) is 5.91 Å². The number of amides is 1. The van der Waals surface area contributed by atoms with E-state index in [1.54, 1.807) is 6.92 Å². The molecule has 0 unspecified atom stereocenters. The summed E-state index contributed by atoms with van der Waals surface area (Å²) in [6, 6.07) is 4.87. The number of nitrogens with zero attached hydrogens (tertiary/aromatic N) is 1. The monoisotopic (exact) mass is 289 g/mol. The molecule has 1 heterocycles. The Kier molecular flexibility index (Phi) is 3.70. The van der Waals surface area contributed by atoms with Crippen LogP contribution in [0.1, 0.15) is 36.9 Å². The van der Waals surface area contributed by atoms with Gasteiger partial charge in [0.2, 0.25) is 0 Å². The number of benzene rings is 1. The third-order valence-corrected chi connectivity index (χ3v) is 2.62. The zero-order chi connectivity index (χ0) is 15.6. The van der Waals surface area contributed by atoms with E-state index in [-0.39, 0.29) is 22.5 Å². The lowest BCUT2D eigenvalue weighted by Crippen LogP contribution is -2.14. The van der Waals surface area contributed by atoms with Gasteiger partial charge in [-0.25, -0.2) is 9.59 Å². The summed E-state index contributed by atoms with van der Waals surface area (Å²) in [5.41, 5.74) is 0.403. The third kappa shape index (κ3) is 3.24. The Bertz CT molecular complexity index is 703. The van der Waals surface area contributed by atoms with Crippen molar-refractivity contribution in [2.24, 2.45) is 0 Å². The van der Waals surface area contributed by atoms with Crippen LogP contribution in [-0.4, -0.2) is 38.3 Å². The van der Waals surface area contributed by atoms with Crippen molar-refractivity contribution in [2.45, 2.75) is 6.92 Å². The van der Waals surface area contributed by atoms with Gasteiger partial charge in [0.1, 0.15) is 0 Å². The van der Waals surface area contributed by atoms with E-state index in [2.05, 4.69) is 15.5 Å². The normalized spacial score (nSPS) is 10.1. The largest absolute Gasteiger partial charge is 0.478 e. The molecule has 1 amide bonds. The Balaban J connectivity index is 2.32. The summed E-state index contributed by atoms with van der Waals surface area (Å²) < 4.78 is 0. The molecule has 2 rings (SSSR count). The molecule has 0 aliphatic rings. The Morgan fingerprint density at radius 1 is 1.05 bits per heavy atom. The second-order valence-electron chi connectivity index (χ2n) is 4.30. The number of nitrogens with one attached hydrogen (secondary N) is 2. The number of carbonyl (C=O) groups is 3. The molecule has 2 aromatic rings. The fourth-order valence-corrected chi connectivity index (χ4v) is 1.68. The van der Waals surface area contributed by atoms with Gasteiger partial charge in [0.05, 0.1) is 11.1 Å². The van der Waals surface area contributed by atoms with Gasteiger partial charge in [-0.15, -0.1) is 0 Å². The van der Waals surface area contributed by atoms with E-state index >= 15 is 0 Å². The molecule has 0 saturated heterocycles. The van der Waals surface area contributed by atoms with Gasteiger partial charge in [-0.1, -0.05) is 0 Å². The Hall–Kier alpha value is -3.16. The summed E-state index contributed by atoms with van der Waals surface area (Å²) in [7, 11) is 0. The van der Waals surface area contributed by atoms with Crippen molar-refractivity contribution in [3.05, 3.63) is 46.8 Å². The SMILES string of the molecule is Cc1cc(C(=O)Nc2cc(C(=O)O)cc(C(=O)O)c2)n[nH]1. The maximum absolute atomic E-state index is 11.9. The number of aryl methyl sites for hydroxylation is 1. The van der Waals surface area contributed by atoms with Gasteiger partial charge in [0, 0.05) is 11.4 Å². The van der Waals surface area contributed by atoms with E-state index in [0.717, 1.165) is 6.07 Å². The van der Waals surface area contributed by atoms with Crippen LogP contribution in [-0.2, 0) is 0 Å². The van der Waals surface area contributed by atoms with Crippen molar-refractivity contribution in [1.29, 1.82) is 0 Å². The first kappa shape index (κ1) is 14.3. The Labute approximate surface area is 118 Å². The first-order chi connectivity index (χ1) is 9.86. The summed E-state index contributed by atoms with van der Waals surface area (Å²) >= 11 is 0. The summed E-state index contributed by atoms with van der Waals surface area (Å²) in [5, 5.41) is 26.7. The molecule has 0 aliphatic carbocycles. The standard InChI is InChI=1S/C13H11N3O5/c1-6-2-10(16-15-6)11(17)14-9-4-7(12(18)19)3-8(5-9)13(20)21/h2-5H,1H3,(H,14,17)(H,15,16)(H,18,19)(H,20,21). The minimum absolute atomic E-state index is 0.0675. The second-order valence-corrected chi connectivity index (χ2v) is 4.30. The molecule has 21 heavy (non-hydrogen) atoms. The molecule has 8 nitrogen and oxygen atoms in total. The maximum Gasteiger partial charge on any atom is 0.335 e. The van der Waals surface area contributed by atoms with Crippen LogP contribution in [0.4, 0.5) is 5.69 Å². The number of H-pyrrole nitrogens is 1. The molecule has 0 fully saturated rings. The molecule has 108 valence electrons. The quantitative estimate of drug-likeness (QED) is 0.672. The summed E-state index contributed by atoms with van der Waals surface area (Å²) in [4.78, 5) is 33.8. The zero-order valence-electron chi connectivity index (χ0n) is 10.9. The molecule has 0 saturated carbocycles. The van der Waals surface area contributed by atoms with Crippen molar-refractivity contribution in [3.63, 3.8) is 0 Å². The number of hydrogen-bond donors (Lipinski definition) is 4. The lowest BCUT2D eigenvalue weighted by atomic mass is 10.1. The van der Waals surface area contributed by atoms with Crippen LogP contribution in [0.5, 0.6) is 0 Å². The molecule has 1 aromatic carbocycles. The number of anilines is 1. The first-order valence-corrected chi connectivity index (χ1v) is 5.82. The van der Waals surface area contributed by atoms with Crippen LogP contribution in [0, 0.1) is 6.92 Å². The molecule has 0 spiro atoms. The predicted molar refractivity (Wildman–Crippen MR) is 71.6 cm³/mol. The summed E-state index contributed by atoms with van der Waals surface area (Å²) in [6.07, 6.45) is 0. The average molecular weight is 289 g/mol. The molecular formula is C13H11N3O5. The van der Waals surface area contributed by atoms with Gasteiger partial charge >= 0.3 is 11.9 Å².